The van der Waals surface area contributed by atoms with Crippen LogP contribution in [0.1, 0.15) is 34.9 Å². The minimum Gasteiger partial charge on any atom is -0.508 e. The minimum absolute atomic E-state index is 0.138. The van der Waals surface area contributed by atoms with Crippen molar-refractivity contribution in [2.24, 2.45) is 5.92 Å². The molecule has 0 saturated carbocycles. The number of anilines is 1. The van der Waals surface area contributed by atoms with Gasteiger partial charge in [0.25, 0.3) is 0 Å². The highest BCUT2D eigenvalue weighted by molar-refractivity contribution is 6.13. The summed E-state index contributed by atoms with van der Waals surface area (Å²) in [6.07, 6.45) is 0.432. The Bertz CT molecular complexity index is 1690. The first kappa shape index (κ1) is 23.3. The van der Waals surface area contributed by atoms with Gasteiger partial charge in [-0.25, -0.2) is 0 Å². The molecule has 0 amide bonds. The van der Waals surface area contributed by atoms with E-state index < -0.39 is 23.7 Å². The van der Waals surface area contributed by atoms with Gasteiger partial charge in [0.1, 0.15) is 11.7 Å². The maximum absolute atomic E-state index is 14.5. The van der Waals surface area contributed by atoms with Gasteiger partial charge >= 0.3 is 5.97 Å². The maximum Gasteiger partial charge on any atom is 0.317 e. The third kappa shape index (κ3) is 3.65. The summed E-state index contributed by atoms with van der Waals surface area (Å²) in [4.78, 5) is 27.7. The zero-order valence-corrected chi connectivity index (χ0v) is 21.1. The van der Waals surface area contributed by atoms with Crippen molar-refractivity contribution in [3.05, 3.63) is 107 Å². The zero-order valence-electron chi connectivity index (χ0n) is 21.1. The summed E-state index contributed by atoms with van der Waals surface area (Å²) in [6, 6.07) is 24.7. The molecule has 1 aliphatic carbocycles. The smallest absolute Gasteiger partial charge is 0.317 e. The number of phenolic OH excluding ortho intramolecular Hbond substituents is 1. The van der Waals surface area contributed by atoms with Gasteiger partial charge in [-0.1, -0.05) is 48.5 Å². The summed E-state index contributed by atoms with van der Waals surface area (Å²) in [7, 11) is 1.32. The number of allylic oxidation sites excluding steroid dienone is 2. The summed E-state index contributed by atoms with van der Waals surface area (Å²) < 4.78 is 16.2. The number of benzene rings is 4. The van der Waals surface area contributed by atoms with E-state index in [0.717, 1.165) is 38.8 Å². The van der Waals surface area contributed by atoms with Crippen molar-refractivity contribution in [2.75, 3.05) is 19.2 Å². The molecule has 3 atom stereocenters. The number of ether oxygens (including phenoxy) is 3. The quantitative estimate of drug-likeness (QED) is 0.268. The Morgan fingerprint density at radius 2 is 1.72 bits per heavy atom. The molecule has 2 aliphatic heterocycles. The average molecular weight is 520 g/mol. The first-order valence-corrected chi connectivity index (χ1v) is 12.9. The van der Waals surface area contributed by atoms with Gasteiger partial charge in [-0.05, 0) is 64.2 Å². The Kier molecular flexibility index (Phi) is 5.33. The minimum atomic E-state index is -1.02. The number of carbonyl (C=O) groups excluding carboxylic acids is 2. The lowest BCUT2D eigenvalue weighted by Gasteiger charge is -2.40. The molecule has 0 radical (unpaired) electrons. The number of hydrogen-bond acceptors (Lipinski definition) is 7. The molecular formula is C32H25NO6. The molecule has 7 rings (SSSR count). The number of esters is 1. The van der Waals surface area contributed by atoms with Crippen LogP contribution in [-0.4, -0.2) is 30.8 Å². The second kappa shape index (κ2) is 8.91. The summed E-state index contributed by atoms with van der Waals surface area (Å²) in [5.74, 6) is -1.36. The molecule has 3 aliphatic rings. The predicted molar refractivity (Wildman–Crippen MR) is 145 cm³/mol. The molecule has 0 unspecified atom stereocenters. The van der Waals surface area contributed by atoms with Crippen LogP contribution in [0.15, 0.2) is 90.1 Å². The molecule has 7 heteroatoms. The molecular weight excluding hydrogens is 494 g/mol. The highest BCUT2D eigenvalue weighted by atomic mass is 16.7. The number of phenols is 1. The van der Waals surface area contributed by atoms with Gasteiger partial charge < -0.3 is 24.6 Å². The van der Waals surface area contributed by atoms with Gasteiger partial charge in [-0.2, -0.15) is 0 Å². The topological polar surface area (TPSA) is 94.1 Å². The third-order valence-corrected chi connectivity index (χ3v) is 8.04. The molecule has 194 valence electrons. The fraction of sp³-hybridized carbons (Fsp3) is 0.188. The van der Waals surface area contributed by atoms with E-state index in [1.54, 1.807) is 12.1 Å². The van der Waals surface area contributed by atoms with Crippen molar-refractivity contribution in [2.45, 2.75) is 18.3 Å². The maximum atomic E-state index is 14.5. The van der Waals surface area contributed by atoms with E-state index >= 15 is 0 Å². The number of Topliss-reactive ketones (excluding diaryl/α,β-unsaturated/α-hetero) is 1. The Labute approximate surface area is 224 Å². The zero-order chi connectivity index (χ0) is 26.7. The van der Waals surface area contributed by atoms with E-state index in [0.29, 0.717) is 23.5 Å². The summed E-state index contributed by atoms with van der Waals surface area (Å²) >= 11 is 0. The molecule has 7 nitrogen and oxygen atoms in total. The summed E-state index contributed by atoms with van der Waals surface area (Å²) in [6.45, 7) is 0.138. The molecule has 0 bridgehead atoms. The normalized spacial score (nSPS) is 21.3. The number of nitrogens with one attached hydrogen (secondary N) is 1. The Morgan fingerprint density at radius 3 is 2.54 bits per heavy atom. The van der Waals surface area contributed by atoms with Crippen LogP contribution >= 0.6 is 0 Å². The first-order valence-electron chi connectivity index (χ1n) is 12.9. The fourth-order valence-corrected chi connectivity index (χ4v) is 6.26. The van der Waals surface area contributed by atoms with E-state index in [9.17, 15) is 14.7 Å². The molecule has 0 fully saturated rings. The van der Waals surface area contributed by atoms with Crippen LogP contribution in [0.3, 0.4) is 0 Å². The lowest BCUT2D eigenvalue weighted by Crippen LogP contribution is -2.40. The van der Waals surface area contributed by atoms with Gasteiger partial charge in [0.15, 0.2) is 17.3 Å². The van der Waals surface area contributed by atoms with Crippen molar-refractivity contribution in [1.29, 1.82) is 0 Å². The van der Waals surface area contributed by atoms with Gasteiger partial charge in [-0.15, -0.1) is 0 Å². The van der Waals surface area contributed by atoms with E-state index in [1.165, 1.54) is 7.11 Å². The van der Waals surface area contributed by atoms with Crippen molar-refractivity contribution in [1.82, 2.24) is 0 Å². The Balaban J connectivity index is 1.44. The van der Waals surface area contributed by atoms with E-state index in [-0.39, 0.29) is 18.3 Å². The number of ketones is 1. The van der Waals surface area contributed by atoms with Crippen LogP contribution in [0.5, 0.6) is 17.2 Å². The van der Waals surface area contributed by atoms with Gasteiger partial charge in [-0.3, -0.25) is 9.59 Å². The molecule has 39 heavy (non-hydrogen) atoms. The number of carbonyl (C=O) groups is 2. The Morgan fingerprint density at radius 1 is 0.949 bits per heavy atom. The fourth-order valence-electron chi connectivity index (χ4n) is 6.26. The number of methoxy groups -OCH3 is 1. The van der Waals surface area contributed by atoms with Crippen LogP contribution in [0.25, 0.3) is 10.8 Å². The lowest BCUT2D eigenvalue weighted by molar-refractivity contribution is -0.149. The number of rotatable bonds is 3. The van der Waals surface area contributed by atoms with Crippen LogP contribution in [0.4, 0.5) is 5.69 Å². The van der Waals surface area contributed by atoms with Crippen LogP contribution in [-0.2, 0) is 14.3 Å². The number of fused-ring (bicyclic) bond motifs is 4. The average Bonchev–Trinajstić information content (AvgIpc) is 3.44. The summed E-state index contributed by atoms with van der Waals surface area (Å²) in [5.41, 5.74) is 4.88. The van der Waals surface area contributed by atoms with Crippen molar-refractivity contribution >= 4 is 28.2 Å². The van der Waals surface area contributed by atoms with Crippen LogP contribution < -0.4 is 14.8 Å². The van der Waals surface area contributed by atoms with Gasteiger partial charge in [0.2, 0.25) is 6.79 Å². The van der Waals surface area contributed by atoms with Crippen LogP contribution in [0.2, 0.25) is 0 Å². The van der Waals surface area contributed by atoms with E-state index in [2.05, 4.69) is 17.4 Å². The van der Waals surface area contributed by atoms with Gasteiger partial charge in [0, 0.05) is 28.8 Å². The highest BCUT2D eigenvalue weighted by Gasteiger charge is 2.48. The number of aromatic hydroxyl groups is 1. The lowest BCUT2D eigenvalue weighted by atomic mass is 9.66. The van der Waals surface area contributed by atoms with Crippen molar-refractivity contribution < 1.29 is 28.9 Å². The molecule has 0 saturated heterocycles. The SMILES string of the molecule is COC(=O)[C@@H]1C(=O)C2=C(C[C@H]1c1ccc3c(c1)OCO3)Nc1ccc3ccccc3c1[C@H]2c1ccc(O)cc1. The monoisotopic (exact) mass is 519 g/mol. The molecule has 2 heterocycles. The Hall–Kier alpha value is -4.78. The number of hydrogen-bond donors (Lipinski definition) is 2. The largest absolute Gasteiger partial charge is 0.508 e. The van der Waals surface area contributed by atoms with Gasteiger partial charge in [0.05, 0.1) is 7.11 Å². The molecule has 0 aromatic heterocycles. The first-order chi connectivity index (χ1) is 19.0. The third-order valence-electron chi connectivity index (χ3n) is 8.04. The van der Waals surface area contributed by atoms with Crippen molar-refractivity contribution in [3.8, 4) is 17.2 Å². The second-order valence-electron chi connectivity index (χ2n) is 10.1. The van der Waals surface area contributed by atoms with Crippen LogP contribution in [0, 0.1) is 5.92 Å². The highest BCUT2D eigenvalue weighted by Crippen LogP contribution is 2.52. The van der Waals surface area contributed by atoms with E-state index in [1.807, 2.05) is 54.6 Å². The molecule has 2 N–H and O–H groups in total. The standard InChI is InChI=1S/C32H25NO6/c1-37-32(36)29-22(19-9-13-25-26(14-19)39-16-38-25)15-24-30(31(29)35)27(18-6-10-20(34)11-7-18)28-21-5-3-2-4-17(21)8-12-23(28)33-24/h2-14,22,27,29,33-34H,15-16H2,1H3/t22-,27+,29-/m0/s1. The second-order valence-corrected chi connectivity index (χ2v) is 10.1. The summed E-state index contributed by atoms with van der Waals surface area (Å²) in [5, 5.41) is 15.6. The predicted octanol–water partition coefficient (Wildman–Crippen LogP) is 5.63. The molecule has 4 aromatic carbocycles. The molecule has 4 aromatic rings. The van der Waals surface area contributed by atoms with Crippen molar-refractivity contribution in [3.63, 3.8) is 0 Å². The van der Waals surface area contributed by atoms with E-state index in [4.69, 9.17) is 14.2 Å². The molecule has 0 spiro atoms.